The van der Waals surface area contributed by atoms with E-state index in [9.17, 15) is 4.79 Å². The third-order valence-electron chi connectivity index (χ3n) is 2.13. The molecule has 2 nitrogen and oxygen atoms in total. The van der Waals surface area contributed by atoms with E-state index in [4.69, 9.17) is 12.2 Å². The van der Waals surface area contributed by atoms with Crippen LogP contribution >= 0.6 is 24.0 Å². The number of carbonyl (C=O) groups is 1. The van der Waals surface area contributed by atoms with Crippen LogP contribution in [-0.4, -0.2) is 26.8 Å². The van der Waals surface area contributed by atoms with Gasteiger partial charge in [0.15, 0.2) is 5.78 Å². The molecule has 0 aromatic carbocycles. The summed E-state index contributed by atoms with van der Waals surface area (Å²) in [7, 11) is 0. The molecule has 2 heterocycles. The van der Waals surface area contributed by atoms with E-state index in [0.29, 0.717) is 5.37 Å². The Bertz CT molecular complexity index is 285. The summed E-state index contributed by atoms with van der Waals surface area (Å²) >= 11 is 6.88. The molecule has 0 aromatic rings. The Morgan fingerprint density at radius 3 is 3.17 bits per heavy atom. The van der Waals surface area contributed by atoms with E-state index in [1.54, 1.807) is 18.7 Å². The fraction of sp³-hybridized carbons (Fsp3) is 0.500. The highest BCUT2D eigenvalue weighted by atomic mass is 32.2. The van der Waals surface area contributed by atoms with Gasteiger partial charge in [0.25, 0.3) is 0 Å². The Morgan fingerprint density at radius 1 is 1.83 bits per heavy atom. The van der Waals surface area contributed by atoms with Crippen LogP contribution in [0.2, 0.25) is 0 Å². The summed E-state index contributed by atoms with van der Waals surface area (Å²) in [5.74, 6) is 1.01. The second-order valence-corrected chi connectivity index (χ2v) is 4.62. The number of ketones is 1. The fourth-order valence-electron chi connectivity index (χ4n) is 1.28. The monoisotopic (exact) mass is 199 g/mol. The lowest BCUT2D eigenvalue weighted by Crippen LogP contribution is -2.48. The second-order valence-electron chi connectivity index (χ2n) is 2.98. The maximum atomic E-state index is 11.0. The van der Waals surface area contributed by atoms with Crippen molar-refractivity contribution < 1.29 is 4.79 Å². The van der Waals surface area contributed by atoms with Gasteiger partial charge in [-0.15, -0.1) is 11.8 Å². The Balaban J connectivity index is 2.19. The maximum absolute atomic E-state index is 11.0. The Kier molecular flexibility index (Phi) is 1.96. The van der Waals surface area contributed by atoms with Crippen molar-refractivity contribution in [2.75, 3.05) is 5.75 Å². The van der Waals surface area contributed by atoms with Gasteiger partial charge >= 0.3 is 0 Å². The molecule has 0 saturated carbocycles. The number of nitrogens with zero attached hydrogens (tertiary/aromatic N) is 1. The van der Waals surface area contributed by atoms with E-state index in [0.717, 1.165) is 22.7 Å². The summed E-state index contributed by atoms with van der Waals surface area (Å²) < 4.78 is 0. The van der Waals surface area contributed by atoms with Crippen LogP contribution < -0.4 is 0 Å². The van der Waals surface area contributed by atoms with Gasteiger partial charge in [-0.2, -0.15) is 0 Å². The van der Waals surface area contributed by atoms with Gasteiger partial charge in [0.05, 0.1) is 10.4 Å². The number of fused-ring (bicyclic) bond motifs is 1. The van der Waals surface area contributed by atoms with Crippen LogP contribution in [0.3, 0.4) is 0 Å². The van der Waals surface area contributed by atoms with Crippen LogP contribution in [0, 0.1) is 0 Å². The zero-order chi connectivity index (χ0) is 8.72. The molecule has 2 rings (SSSR count). The molecule has 2 aliphatic rings. The Hall–Kier alpha value is -0.350. The normalized spacial score (nSPS) is 27.4. The van der Waals surface area contributed by atoms with Gasteiger partial charge in [-0.1, -0.05) is 12.2 Å². The van der Waals surface area contributed by atoms with Crippen LogP contribution in [0.15, 0.2) is 11.8 Å². The van der Waals surface area contributed by atoms with Crippen LogP contribution in [0.4, 0.5) is 0 Å². The molecule has 1 unspecified atom stereocenters. The number of thioether (sulfide) groups is 1. The highest BCUT2D eigenvalue weighted by Crippen LogP contribution is 2.36. The molecule has 0 aromatic heterocycles. The smallest absolute Gasteiger partial charge is 0.158 e. The molecule has 0 radical (unpaired) electrons. The van der Waals surface area contributed by atoms with Crippen molar-refractivity contribution >= 4 is 34.8 Å². The van der Waals surface area contributed by atoms with Crippen molar-refractivity contribution in [3.63, 3.8) is 0 Å². The van der Waals surface area contributed by atoms with Gasteiger partial charge < -0.3 is 4.90 Å². The molecular weight excluding hydrogens is 190 g/mol. The highest BCUT2D eigenvalue weighted by Gasteiger charge is 2.35. The topological polar surface area (TPSA) is 20.3 Å². The number of hydrogen-bond acceptors (Lipinski definition) is 3. The highest BCUT2D eigenvalue weighted by molar-refractivity contribution is 8.00. The third-order valence-corrected chi connectivity index (χ3v) is 3.76. The van der Waals surface area contributed by atoms with Gasteiger partial charge in [0, 0.05) is 23.9 Å². The van der Waals surface area contributed by atoms with E-state index >= 15 is 0 Å². The summed E-state index contributed by atoms with van der Waals surface area (Å²) in [6.07, 6.45) is 2.91. The first kappa shape index (κ1) is 8.26. The summed E-state index contributed by atoms with van der Waals surface area (Å²) in [5, 5.41) is 0.514. The minimum absolute atomic E-state index is 0.163. The van der Waals surface area contributed by atoms with E-state index in [2.05, 4.69) is 0 Å². The number of carbonyl (C=O) groups excluding carboxylic acids is 1. The first-order chi connectivity index (χ1) is 5.68. The summed E-state index contributed by atoms with van der Waals surface area (Å²) in [5.41, 5.74) is 0.887. The minimum atomic E-state index is 0.163. The van der Waals surface area contributed by atoms with Gasteiger partial charge in [-0.25, -0.2) is 0 Å². The van der Waals surface area contributed by atoms with Crippen molar-refractivity contribution in [3.05, 3.63) is 11.8 Å². The molecule has 1 saturated heterocycles. The average Bonchev–Trinajstić information content (AvgIpc) is 2.02. The van der Waals surface area contributed by atoms with Crippen molar-refractivity contribution in [2.24, 2.45) is 0 Å². The zero-order valence-electron chi connectivity index (χ0n) is 6.74. The predicted octanol–water partition coefficient (Wildman–Crippen LogP) is 1.57. The number of Topliss-reactive ketones (excluding diaryl/α,β-unsaturated/α-hetero) is 1. The van der Waals surface area contributed by atoms with E-state index < -0.39 is 0 Å². The van der Waals surface area contributed by atoms with Crippen molar-refractivity contribution in [1.29, 1.82) is 0 Å². The molecule has 2 aliphatic heterocycles. The molecule has 1 atom stereocenters. The molecule has 0 amide bonds. The van der Waals surface area contributed by atoms with Gasteiger partial charge in [-0.3, -0.25) is 4.79 Å². The molecule has 12 heavy (non-hydrogen) atoms. The van der Waals surface area contributed by atoms with Gasteiger partial charge in [-0.05, 0) is 6.92 Å². The van der Waals surface area contributed by atoms with Gasteiger partial charge in [0.2, 0.25) is 0 Å². The largest absolute Gasteiger partial charge is 0.329 e. The van der Waals surface area contributed by atoms with Crippen LogP contribution in [0.1, 0.15) is 13.3 Å². The number of hydrogen-bond donors (Lipinski definition) is 0. The SMILES string of the molecule is CC(=O)C1=CN2C(=S)CC2SC1. The maximum Gasteiger partial charge on any atom is 0.158 e. The zero-order valence-corrected chi connectivity index (χ0v) is 8.37. The lowest BCUT2D eigenvalue weighted by Gasteiger charge is -2.43. The standard InChI is InChI=1S/C8H9NOS2/c1-5(10)6-3-9-7(11)2-8(9)12-4-6/h3,8H,2,4H2,1H3. The second kappa shape index (κ2) is 2.85. The third kappa shape index (κ3) is 1.19. The summed E-state index contributed by atoms with van der Waals surface area (Å²) in [4.78, 5) is 14.0. The minimum Gasteiger partial charge on any atom is -0.329 e. The molecule has 64 valence electrons. The Labute approximate surface area is 81.0 Å². The van der Waals surface area contributed by atoms with Crippen molar-refractivity contribution in [3.8, 4) is 0 Å². The van der Waals surface area contributed by atoms with Crippen LogP contribution in [0.25, 0.3) is 0 Å². The van der Waals surface area contributed by atoms with E-state index in [1.165, 1.54) is 0 Å². The molecule has 0 N–H and O–H groups in total. The lowest BCUT2D eigenvalue weighted by atomic mass is 10.1. The van der Waals surface area contributed by atoms with Crippen molar-refractivity contribution in [1.82, 2.24) is 4.90 Å². The van der Waals surface area contributed by atoms with Crippen LogP contribution in [0.5, 0.6) is 0 Å². The Morgan fingerprint density at radius 2 is 2.58 bits per heavy atom. The van der Waals surface area contributed by atoms with Gasteiger partial charge in [0.1, 0.15) is 0 Å². The lowest BCUT2D eigenvalue weighted by molar-refractivity contribution is -0.113. The van der Waals surface area contributed by atoms with E-state index in [-0.39, 0.29) is 5.78 Å². The van der Waals surface area contributed by atoms with Crippen molar-refractivity contribution in [2.45, 2.75) is 18.7 Å². The summed E-state index contributed by atoms with van der Waals surface area (Å²) in [6, 6.07) is 0. The molecule has 0 aliphatic carbocycles. The van der Waals surface area contributed by atoms with Crippen LogP contribution in [-0.2, 0) is 4.79 Å². The first-order valence-corrected chi connectivity index (χ1v) is 5.28. The average molecular weight is 199 g/mol. The first-order valence-electron chi connectivity index (χ1n) is 3.83. The molecule has 4 heteroatoms. The molecular formula is C8H9NOS2. The fourth-order valence-corrected chi connectivity index (χ4v) is 3.06. The quantitative estimate of drug-likeness (QED) is 0.597. The molecule has 1 fully saturated rings. The summed E-state index contributed by atoms with van der Waals surface area (Å²) in [6.45, 7) is 1.61. The number of thiocarbonyl (C=S) groups is 1. The number of rotatable bonds is 1. The van der Waals surface area contributed by atoms with E-state index in [1.807, 2.05) is 11.1 Å². The molecule has 0 spiro atoms. The predicted molar refractivity (Wildman–Crippen MR) is 54.1 cm³/mol. The molecule has 0 bridgehead atoms.